The number of halogens is 1. The van der Waals surface area contributed by atoms with E-state index in [4.69, 9.17) is 0 Å². The quantitative estimate of drug-likeness (QED) is 0.787. The Labute approximate surface area is 144 Å². The Balaban J connectivity index is 1.43. The minimum absolute atomic E-state index is 0.0115. The van der Waals surface area contributed by atoms with Crippen LogP contribution in [-0.2, 0) is 24.1 Å². The highest BCUT2D eigenvalue weighted by molar-refractivity contribution is 5.95. The molecule has 1 heterocycles. The summed E-state index contributed by atoms with van der Waals surface area (Å²) in [4.78, 5) is 23.6. The van der Waals surface area contributed by atoms with Crippen LogP contribution in [0.3, 0.4) is 0 Å². The van der Waals surface area contributed by atoms with Crippen molar-refractivity contribution in [3.8, 4) is 0 Å². The Morgan fingerprint density at radius 1 is 1.08 bits per heavy atom. The largest absolute Gasteiger partial charge is 0.334 e. The second kappa shape index (κ2) is 6.20. The van der Waals surface area contributed by atoms with Crippen LogP contribution in [0.2, 0.25) is 0 Å². The molecule has 0 atom stereocenters. The summed E-state index contributed by atoms with van der Waals surface area (Å²) in [6.45, 7) is 0. The second-order valence-corrected chi connectivity index (χ2v) is 6.51. The van der Waals surface area contributed by atoms with Crippen molar-refractivity contribution in [1.82, 2.24) is 5.32 Å². The van der Waals surface area contributed by atoms with E-state index in [0.717, 1.165) is 18.4 Å². The van der Waals surface area contributed by atoms with Gasteiger partial charge in [-0.2, -0.15) is 0 Å². The zero-order chi connectivity index (χ0) is 17.4. The SMILES string of the molecule is O=C1CCc2cc(NC(=O)NC3Cc4ccccc4C3)c(F)cc2N1. The molecule has 128 valence electrons. The molecule has 0 bridgehead atoms. The molecule has 0 saturated heterocycles. The van der Waals surface area contributed by atoms with E-state index in [9.17, 15) is 14.0 Å². The van der Waals surface area contributed by atoms with Gasteiger partial charge in [0.2, 0.25) is 5.91 Å². The number of hydrogen-bond acceptors (Lipinski definition) is 2. The van der Waals surface area contributed by atoms with Gasteiger partial charge in [-0.05, 0) is 48.1 Å². The average Bonchev–Trinajstić information content (AvgIpc) is 2.97. The second-order valence-electron chi connectivity index (χ2n) is 6.51. The number of anilines is 2. The van der Waals surface area contributed by atoms with Crippen molar-refractivity contribution in [1.29, 1.82) is 0 Å². The van der Waals surface area contributed by atoms with Gasteiger partial charge in [0, 0.05) is 18.2 Å². The molecule has 0 radical (unpaired) electrons. The molecule has 1 aliphatic carbocycles. The number of hydrogen-bond donors (Lipinski definition) is 3. The number of carbonyl (C=O) groups excluding carboxylic acids is 2. The van der Waals surface area contributed by atoms with Gasteiger partial charge in [0.1, 0.15) is 5.82 Å². The molecule has 2 aromatic carbocycles. The molecule has 2 aliphatic rings. The monoisotopic (exact) mass is 339 g/mol. The van der Waals surface area contributed by atoms with Gasteiger partial charge < -0.3 is 16.0 Å². The highest BCUT2D eigenvalue weighted by atomic mass is 19.1. The fourth-order valence-corrected chi connectivity index (χ4v) is 3.50. The summed E-state index contributed by atoms with van der Waals surface area (Å²) >= 11 is 0. The molecule has 4 rings (SSSR count). The lowest BCUT2D eigenvalue weighted by Gasteiger charge is -2.19. The lowest BCUT2D eigenvalue weighted by molar-refractivity contribution is -0.116. The summed E-state index contributed by atoms with van der Waals surface area (Å²) in [7, 11) is 0. The third kappa shape index (κ3) is 3.20. The summed E-state index contributed by atoms with van der Waals surface area (Å²) in [5, 5.41) is 8.13. The standard InChI is InChI=1S/C19H18FN3O2/c20-15-10-16-13(5-6-18(24)22-16)9-17(15)23-19(25)21-14-7-11-3-1-2-4-12(11)8-14/h1-4,9-10,14H,5-8H2,(H,22,24)(H2,21,23,25). The van der Waals surface area contributed by atoms with Gasteiger partial charge in [0.25, 0.3) is 0 Å². The van der Waals surface area contributed by atoms with E-state index in [-0.39, 0.29) is 17.6 Å². The molecular formula is C19H18FN3O2. The van der Waals surface area contributed by atoms with Crippen LogP contribution in [0.1, 0.15) is 23.1 Å². The van der Waals surface area contributed by atoms with Crippen LogP contribution in [0.25, 0.3) is 0 Å². The lowest BCUT2D eigenvalue weighted by Crippen LogP contribution is -2.38. The smallest absolute Gasteiger partial charge is 0.319 e. The summed E-state index contributed by atoms with van der Waals surface area (Å²) in [6.07, 6.45) is 2.46. The molecule has 0 saturated carbocycles. The number of fused-ring (bicyclic) bond motifs is 2. The zero-order valence-electron chi connectivity index (χ0n) is 13.6. The molecule has 0 aromatic heterocycles. The van der Waals surface area contributed by atoms with E-state index < -0.39 is 11.8 Å². The summed E-state index contributed by atoms with van der Waals surface area (Å²) in [5.41, 5.74) is 3.91. The molecule has 3 amide bonds. The minimum atomic E-state index is -0.564. The van der Waals surface area contributed by atoms with Gasteiger partial charge in [-0.25, -0.2) is 9.18 Å². The van der Waals surface area contributed by atoms with Gasteiger partial charge in [-0.1, -0.05) is 24.3 Å². The first-order chi connectivity index (χ1) is 12.1. The molecule has 6 heteroatoms. The van der Waals surface area contributed by atoms with Crippen LogP contribution in [0.4, 0.5) is 20.6 Å². The maximum absolute atomic E-state index is 14.2. The van der Waals surface area contributed by atoms with Gasteiger partial charge in [0.15, 0.2) is 0 Å². The van der Waals surface area contributed by atoms with Crippen molar-refractivity contribution in [2.75, 3.05) is 10.6 Å². The van der Waals surface area contributed by atoms with Crippen LogP contribution in [0.15, 0.2) is 36.4 Å². The molecule has 2 aromatic rings. The van der Waals surface area contributed by atoms with Crippen molar-refractivity contribution < 1.29 is 14.0 Å². The molecular weight excluding hydrogens is 321 g/mol. The number of urea groups is 1. The van der Waals surface area contributed by atoms with Crippen LogP contribution in [-0.4, -0.2) is 18.0 Å². The highest BCUT2D eigenvalue weighted by Crippen LogP contribution is 2.28. The van der Waals surface area contributed by atoms with E-state index in [1.807, 2.05) is 12.1 Å². The highest BCUT2D eigenvalue weighted by Gasteiger charge is 2.23. The van der Waals surface area contributed by atoms with Crippen molar-refractivity contribution in [2.24, 2.45) is 0 Å². The first kappa shape index (κ1) is 15.6. The van der Waals surface area contributed by atoms with Crippen LogP contribution < -0.4 is 16.0 Å². The maximum atomic E-state index is 14.2. The van der Waals surface area contributed by atoms with Crippen LogP contribution >= 0.6 is 0 Å². The number of nitrogens with one attached hydrogen (secondary N) is 3. The third-order valence-corrected chi connectivity index (χ3v) is 4.72. The third-order valence-electron chi connectivity index (χ3n) is 4.72. The lowest BCUT2D eigenvalue weighted by atomic mass is 10.0. The number of amides is 3. The maximum Gasteiger partial charge on any atom is 0.319 e. The Bertz CT molecular complexity index is 841. The van der Waals surface area contributed by atoms with Crippen LogP contribution in [0, 0.1) is 5.82 Å². The van der Waals surface area contributed by atoms with E-state index >= 15 is 0 Å². The Kier molecular flexibility index (Phi) is 3.87. The Morgan fingerprint density at radius 3 is 2.52 bits per heavy atom. The number of rotatable bonds is 2. The van der Waals surface area contributed by atoms with E-state index in [2.05, 4.69) is 28.1 Å². The van der Waals surface area contributed by atoms with Gasteiger partial charge >= 0.3 is 6.03 Å². The minimum Gasteiger partial charge on any atom is -0.334 e. The molecule has 5 nitrogen and oxygen atoms in total. The molecule has 0 unspecified atom stereocenters. The molecule has 0 spiro atoms. The first-order valence-corrected chi connectivity index (χ1v) is 8.35. The normalized spacial score (nSPS) is 16.0. The molecule has 3 N–H and O–H groups in total. The molecule has 0 fully saturated rings. The number of carbonyl (C=O) groups is 2. The topological polar surface area (TPSA) is 70.2 Å². The van der Waals surface area contributed by atoms with Crippen molar-refractivity contribution in [3.63, 3.8) is 0 Å². The van der Waals surface area contributed by atoms with Gasteiger partial charge in [-0.3, -0.25) is 4.79 Å². The van der Waals surface area contributed by atoms with Gasteiger partial charge in [-0.15, -0.1) is 0 Å². The first-order valence-electron chi connectivity index (χ1n) is 8.35. The fraction of sp³-hybridized carbons (Fsp3) is 0.263. The molecule has 25 heavy (non-hydrogen) atoms. The Morgan fingerprint density at radius 2 is 1.80 bits per heavy atom. The summed E-state index contributed by atoms with van der Waals surface area (Å²) in [5.74, 6) is -0.683. The van der Waals surface area contributed by atoms with Gasteiger partial charge in [0.05, 0.1) is 5.69 Å². The predicted octanol–water partition coefficient (Wildman–Crippen LogP) is 3.00. The van der Waals surface area contributed by atoms with Crippen LogP contribution in [0.5, 0.6) is 0 Å². The summed E-state index contributed by atoms with van der Waals surface area (Å²) < 4.78 is 14.2. The summed E-state index contributed by atoms with van der Waals surface area (Å²) in [6, 6.07) is 10.5. The zero-order valence-corrected chi connectivity index (χ0v) is 13.6. The van der Waals surface area contributed by atoms with E-state index in [1.54, 1.807) is 6.07 Å². The van der Waals surface area contributed by atoms with E-state index in [0.29, 0.717) is 18.5 Å². The Hall–Kier alpha value is -2.89. The van der Waals surface area contributed by atoms with Crippen molar-refractivity contribution in [3.05, 3.63) is 58.9 Å². The van der Waals surface area contributed by atoms with Crippen molar-refractivity contribution in [2.45, 2.75) is 31.7 Å². The van der Waals surface area contributed by atoms with Crippen molar-refractivity contribution >= 4 is 23.3 Å². The fourth-order valence-electron chi connectivity index (χ4n) is 3.50. The van der Waals surface area contributed by atoms with E-state index in [1.165, 1.54) is 17.2 Å². The molecule has 1 aliphatic heterocycles. The number of aryl methyl sites for hydroxylation is 1. The number of benzene rings is 2. The average molecular weight is 339 g/mol. The predicted molar refractivity (Wildman–Crippen MR) is 93.1 cm³/mol.